The van der Waals surface area contributed by atoms with Crippen LogP contribution in [0.25, 0.3) is 0 Å². The van der Waals surface area contributed by atoms with Crippen molar-refractivity contribution in [3.8, 4) is 0 Å². The van der Waals surface area contributed by atoms with Gasteiger partial charge in [0.15, 0.2) is 5.16 Å². The molecule has 0 radical (unpaired) electrons. The van der Waals surface area contributed by atoms with Crippen molar-refractivity contribution in [2.45, 2.75) is 10.9 Å². The van der Waals surface area contributed by atoms with E-state index in [9.17, 15) is 9.59 Å². The molecular weight excluding hydrogens is 448 g/mol. The maximum Gasteiger partial charge on any atom is 0.253 e. The van der Waals surface area contributed by atoms with E-state index in [1.165, 1.54) is 6.33 Å². The molecule has 1 saturated heterocycles. The number of aromatic nitrogens is 3. The van der Waals surface area contributed by atoms with Crippen molar-refractivity contribution in [2.75, 3.05) is 38.0 Å². The molecule has 4 rings (SSSR count). The average Bonchev–Trinajstić information content (AvgIpc) is 3.33. The number of halogens is 1. The fraction of sp³-hybridized carbons (Fsp3) is 0.273. The average molecular weight is 471 g/mol. The Morgan fingerprint density at radius 3 is 2.50 bits per heavy atom. The molecule has 2 N–H and O–H groups in total. The van der Waals surface area contributed by atoms with E-state index in [2.05, 4.69) is 20.5 Å². The molecule has 0 spiro atoms. The fourth-order valence-corrected chi connectivity index (χ4v) is 4.32. The molecule has 8 nitrogen and oxygen atoms in total. The smallest absolute Gasteiger partial charge is 0.253 e. The minimum Gasteiger partial charge on any atom is -0.336 e. The Balaban J connectivity index is 1.23. The van der Waals surface area contributed by atoms with Crippen LogP contribution in [0.3, 0.4) is 0 Å². The number of carbonyl (C=O) groups excluding carboxylic acids is 2. The van der Waals surface area contributed by atoms with Crippen LogP contribution in [0.15, 0.2) is 60.0 Å². The van der Waals surface area contributed by atoms with E-state index < -0.39 is 0 Å². The van der Waals surface area contributed by atoms with Gasteiger partial charge in [-0.2, -0.15) is 5.10 Å². The Morgan fingerprint density at radius 2 is 1.81 bits per heavy atom. The summed E-state index contributed by atoms with van der Waals surface area (Å²) in [5.41, 5.74) is 2.39. The highest BCUT2D eigenvalue weighted by atomic mass is 35.5. The SMILES string of the molecule is O=C(CN1CCN(C(=O)c2ccc(CSc3ncn[nH]3)cc2)CC1)Nc1ccccc1Cl. The topological polar surface area (TPSA) is 94.2 Å². The second-order valence-corrected chi connectivity index (χ2v) is 8.74. The van der Waals surface area contributed by atoms with Crippen LogP contribution >= 0.6 is 23.4 Å². The van der Waals surface area contributed by atoms with Gasteiger partial charge in [0.1, 0.15) is 6.33 Å². The standard InChI is InChI=1S/C22H23ClN6O2S/c23-18-3-1-2-4-19(18)26-20(30)13-28-9-11-29(12-10-28)21(31)17-7-5-16(6-8-17)14-32-22-24-15-25-27-22/h1-8,15H,9-14H2,(H,26,30)(H,24,25,27). The first-order chi connectivity index (χ1) is 15.6. The van der Waals surface area contributed by atoms with Crippen molar-refractivity contribution in [2.24, 2.45) is 0 Å². The van der Waals surface area contributed by atoms with E-state index in [0.29, 0.717) is 42.5 Å². The molecule has 3 aromatic rings. The third-order valence-corrected chi connectivity index (χ3v) is 6.42. The van der Waals surface area contributed by atoms with E-state index in [1.54, 1.807) is 23.9 Å². The third kappa shape index (κ3) is 5.87. The Labute approximate surface area is 195 Å². The lowest BCUT2D eigenvalue weighted by atomic mass is 10.1. The Kier molecular flexibility index (Phi) is 7.41. The molecule has 1 aliphatic rings. The maximum atomic E-state index is 12.8. The summed E-state index contributed by atoms with van der Waals surface area (Å²) in [5.74, 6) is 0.648. The largest absolute Gasteiger partial charge is 0.336 e. The second kappa shape index (κ2) is 10.6. The molecule has 1 aliphatic heterocycles. The number of carbonyl (C=O) groups is 2. The van der Waals surface area contributed by atoms with Gasteiger partial charge >= 0.3 is 0 Å². The molecule has 166 valence electrons. The maximum absolute atomic E-state index is 12.8. The summed E-state index contributed by atoms with van der Waals surface area (Å²) in [7, 11) is 0. The Hall–Kier alpha value is -2.88. The van der Waals surface area contributed by atoms with Crippen LogP contribution in [0, 0.1) is 0 Å². The fourth-order valence-electron chi connectivity index (χ4n) is 3.41. The van der Waals surface area contributed by atoms with Crippen LogP contribution < -0.4 is 5.32 Å². The molecule has 2 heterocycles. The Morgan fingerprint density at radius 1 is 1.06 bits per heavy atom. The molecule has 0 aliphatic carbocycles. The van der Waals surface area contributed by atoms with E-state index in [1.807, 2.05) is 46.2 Å². The van der Waals surface area contributed by atoms with Gasteiger partial charge in [0, 0.05) is 37.5 Å². The lowest BCUT2D eigenvalue weighted by Crippen LogP contribution is -2.50. The summed E-state index contributed by atoms with van der Waals surface area (Å²) >= 11 is 7.65. The highest BCUT2D eigenvalue weighted by Gasteiger charge is 2.23. The number of nitrogens with zero attached hydrogens (tertiary/aromatic N) is 4. The summed E-state index contributed by atoms with van der Waals surface area (Å²) in [5, 5.41) is 10.8. The van der Waals surface area contributed by atoms with Crippen molar-refractivity contribution in [1.29, 1.82) is 0 Å². The first-order valence-electron chi connectivity index (χ1n) is 10.2. The molecule has 0 atom stereocenters. The van der Waals surface area contributed by atoms with Crippen LogP contribution in [0.2, 0.25) is 5.02 Å². The number of hydrogen-bond acceptors (Lipinski definition) is 6. The van der Waals surface area contributed by atoms with Gasteiger partial charge in [-0.05, 0) is 29.8 Å². The first-order valence-corrected chi connectivity index (χ1v) is 11.6. The van der Waals surface area contributed by atoms with Gasteiger partial charge in [-0.15, -0.1) is 0 Å². The van der Waals surface area contributed by atoms with Crippen LogP contribution in [0.5, 0.6) is 0 Å². The first kappa shape index (κ1) is 22.3. The molecule has 2 aromatic carbocycles. The summed E-state index contributed by atoms with van der Waals surface area (Å²) in [6, 6.07) is 14.8. The number of piperazine rings is 1. The van der Waals surface area contributed by atoms with E-state index in [0.717, 1.165) is 16.5 Å². The van der Waals surface area contributed by atoms with Crippen molar-refractivity contribution >= 4 is 40.9 Å². The number of para-hydroxylation sites is 1. The highest BCUT2D eigenvalue weighted by Crippen LogP contribution is 2.21. The predicted molar refractivity (Wildman–Crippen MR) is 125 cm³/mol. The molecule has 2 amide bonds. The summed E-state index contributed by atoms with van der Waals surface area (Å²) in [6.45, 7) is 2.73. The van der Waals surface area contributed by atoms with E-state index >= 15 is 0 Å². The molecule has 10 heteroatoms. The monoisotopic (exact) mass is 470 g/mol. The zero-order valence-electron chi connectivity index (χ0n) is 17.3. The van der Waals surface area contributed by atoms with Gasteiger partial charge < -0.3 is 10.2 Å². The van der Waals surface area contributed by atoms with Gasteiger partial charge in [-0.25, -0.2) is 4.98 Å². The van der Waals surface area contributed by atoms with Gasteiger partial charge in [-0.1, -0.05) is 47.6 Å². The van der Waals surface area contributed by atoms with Crippen molar-refractivity contribution in [1.82, 2.24) is 25.0 Å². The number of benzene rings is 2. The molecule has 32 heavy (non-hydrogen) atoms. The molecule has 0 bridgehead atoms. The van der Waals surface area contributed by atoms with E-state index in [4.69, 9.17) is 11.6 Å². The lowest BCUT2D eigenvalue weighted by molar-refractivity contribution is -0.117. The van der Waals surface area contributed by atoms with Gasteiger partial charge in [-0.3, -0.25) is 19.6 Å². The van der Waals surface area contributed by atoms with Crippen LogP contribution in [0.1, 0.15) is 15.9 Å². The highest BCUT2D eigenvalue weighted by molar-refractivity contribution is 7.98. The second-order valence-electron chi connectivity index (χ2n) is 7.37. The van der Waals surface area contributed by atoms with E-state index in [-0.39, 0.29) is 18.4 Å². The van der Waals surface area contributed by atoms with Crippen molar-refractivity contribution in [3.05, 3.63) is 71.0 Å². The lowest BCUT2D eigenvalue weighted by Gasteiger charge is -2.34. The molecular formula is C22H23ClN6O2S. The zero-order chi connectivity index (χ0) is 22.3. The van der Waals surface area contributed by atoms with Crippen LogP contribution in [-0.2, 0) is 10.5 Å². The van der Waals surface area contributed by atoms with Crippen molar-refractivity contribution in [3.63, 3.8) is 0 Å². The molecule has 1 aromatic heterocycles. The van der Waals surface area contributed by atoms with Gasteiger partial charge in [0.05, 0.1) is 17.3 Å². The normalized spacial score (nSPS) is 14.3. The number of hydrogen-bond donors (Lipinski definition) is 2. The van der Waals surface area contributed by atoms with Gasteiger partial charge in [0.25, 0.3) is 5.91 Å². The summed E-state index contributed by atoms with van der Waals surface area (Å²) in [4.78, 5) is 33.1. The summed E-state index contributed by atoms with van der Waals surface area (Å²) in [6.07, 6.45) is 1.48. The number of thioether (sulfide) groups is 1. The van der Waals surface area contributed by atoms with Crippen LogP contribution in [0.4, 0.5) is 5.69 Å². The number of anilines is 1. The zero-order valence-corrected chi connectivity index (χ0v) is 18.9. The van der Waals surface area contributed by atoms with Crippen molar-refractivity contribution < 1.29 is 9.59 Å². The quantitative estimate of drug-likeness (QED) is 0.515. The van der Waals surface area contributed by atoms with Gasteiger partial charge in [0.2, 0.25) is 5.91 Å². The molecule has 0 unspecified atom stereocenters. The minimum atomic E-state index is -0.114. The molecule has 0 saturated carbocycles. The third-order valence-electron chi connectivity index (χ3n) is 5.14. The van der Waals surface area contributed by atoms with Crippen LogP contribution in [-0.4, -0.2) is 69.5 Å². The minimum absolute atomic E-state index is 0.0135. The number of aromatic amines is 1. The number of amides is 2. The number of rotatable bonds is 7. The predicted octanol–water partition coefficient (Wildman–Crippen LogP) is 3.15. The molecule has 1 fully saturated rings. The summed E-state index contributed by atoms with van der Waals surface area (Å²) < 4.78 is 0. The Bertz CT molecular complexity index is 1050. The number of H-pyrrole nitrogens is 1. The number of nitrogens with one attached hydrogen (secondary N) is 2.